The normalized spacial score (nSPS) is 17.2. The number of aliphatic hydroxyl groups excluding tert-OH is 1. The zero-order valence-electron chi connectivity index (χ0n) is 13.8. The number of halogens is 1. The smallest absolute Gasteiger partial charge is 0.229 e. The fourth-order valence-electron chi connectivity index (χ4n) is 3.04. The monoisotopic (exact) mass is 344 g/mol. The number of carbonyl (C=O) groups is 1. The van der Waals surface area contributed by atoms with Crippen LogP contribution in [0.2, 0.25) is 0 Å². The first kappa shape index (κ1) is 17.4. The molecule has 1 aliphatic rings. The molecule has 0 radical (unpaired) electrons. The van der Waals surface area contributed by atoms with E-state index in [1.807, 2.05) is 0 Å². The van der Waals surface area contributed by atoms with Gasteiger partial charge in [-0.05, 0) is 38.1 Å². The molecule has 1 aromatic heterocycles. The zero-order chi connectivity index (χ0) is 17.6. The molecule has 1 amide bonds. The summed E-state index contributed by atoms with van der Waals surface area (Å²) in [5.41, 5.74) is 0.309. The Morgan fingerprint density at radius 2 is 1.92 bits per heavy atom. The zero-order valence-corrected chi connectivity index (χ0v) is 13.8. The second kappa shape index (κ2) is 8.13. The van der Waals surface area contributed by atoms with Crippen LogP contribution in [0.4, 0.5) is 10.3 Å². The SMILES string of the molecule is O=C(Nc1ncccn1)C1CCN(CC(O)c2ccccc2F)CC1. The fraction of sp³-hybridized carbons (Fsp3) is 0.389. The summed E-state index contributed by atoms with van der Waals surface area (Å²) in [5.74, 6) is -0.275. The van der Waals surface area contributed by atoms with Crippen molar-refractivity contribution < 1.29 is 14.3 Å². The standard InChI is InChI=1S/C18H21FN4O2/c19-15-5-2-1-4-14(15)16(24)12-23-10-6-13(7-11-23)17(25)22-18-20-8-3-9-21-18/h1-5,8-9,13,16,24H,6-7,10-12H2,(H,20,21,22,25). The first-order chi connectivity index (χ1) is 12.1. The average molecular weight is 344 g/mol. The van der Waals surface area contributed by atoms with Gasteiger partial charge in [-0.1, -0.05) is 18.2 Å². The summed E-state index contributed by atoms with van der Waals surface area (Å²) >= 11 is 0. The van der Waals surface area contributed by atoms with Crippen molar-refractivity contribution >= 4 is 11.9 Å². The van der Waals surface area contributed by atoms with Gasteiger partial charge in [0.1, 0.15) is 5.82 Å². The molecule has 0 spiro atoms. The number of benzene rings is 1. The van der Waals surface area contributed by atoms with Crippen LogP contribution in [-0.4, -0.2) is 45.5 Å². The van der Waals surface area contributed by atoms with Crippen molar-refractivity contribution in [1.29, 1.82) is 0 Å². The van der Waals surface area contributed by atoms with E-state index in [4.69, 9.17) is 0 Å². The van der Waals surface area contributed by atoms with Gasteiger partial charge in [0, 0.05) is 30.4 Å². The topological polar surface area (TPSA) is 78.4 Å². The highest BCUT2D eigenvalue weighted by Crippen LogP contribution is 2.23. The van der Waals surface area contributed by atoms with Crippen LogP contribution in [0, 0.1) is 11.7 Å². The summed E-state index contributed by atoms with van der Waals surface area (Å²) in [5, 5.41) is 13.0. The van der Waals surface area contributed by atoms with Crippen LogP contribution >= 0.6 is 0 Å². The van der Waals surface area contributed by atoms with Crippen LogP contribution in [0.25, 0.3) is 0 Å². The number of aromatic nitrogens is 2. The molecule has 1 atom stereocenters. The van der Waals surface area contributed by atoms with Gasteiger partial charge in [-0.25, -0.2) is 14.4 Å². The molecule has 1 aliphatic heterocycles. The highest BCUT2D eigenvalue weighted by Gasteiger charge is 2.27. The number of carbonyl (C=O) groups excluding carboxylic acids is 1. The van der Waals surface area contributed by atoms with Crippen molar-refractivity contribution in [3.63, 3.8) is 0 Å². The molecule has 6 nitrogen and oxygen atoms in total. The van der Waals surface area contributed by atoms with E-state index in [-0.39, 0.29) is 11.8 Å². The van der Waals surface area contributed by atoms with Crippen molar-refractivity contribution in [3.8, 4) is 0 Å². The lowest BCUT2D eigenvalue weighted by atomic mass is 9.95. The van der Waals surface area contributed by atoms with Crippen molar-refractivity contribution in [3.05, 3.63) is 54.1 Å². The van der Waals surface area contributed by atoms with E-state index in [0.29, 0.717) is 44.0 Å². The summed E-state index contributed by atoms with van der Waals surface area (Å²) in [6, 6.07) is 7.95. The number of β-amino-alcohol motifs (C(OH)–C–C–N with tert-alkyl or cyclic N) is 1. The second-order valence-corrected chi connectivity index (χ2v) is 6.17. The minimum Gasteiger partial charge on any atom is -0.387 e. The van der Waals surface area contributed by atoms with Crippen LogP contribution in [-0.2, 0) is 4.79 Å². The Hall–Kier alpha value is -2.38. The van der Waals surface area contributed by atoms with Gasteiger partial charge in [-0.2, -0.15) is 0 Å². The van der Waals surface area contributed by atoms with Crippen LogP contribution < -0.4 is 5.32 Å². The Labute approximate surface area is 145 Å². The molecule has 2 heterocycles. The third-order valence-electron chi connectivity index (χ3n) is 4.45. The molecule has 1 aromatic carbocycles. The molecule has 0 saturated carbocycles. The van der Waals surface area contributed by atoms with Gasteiger partial charge in [-0.15, -0.1) is 0 Å². The number of rotatable bonds is 5. The maximum absolute atomic E-state index is 13.7. The van der Waals surface area contributed by atoms with Gasteiger partial charge in [0.15, 0.2) is 0 Å². The molecule has 0 bridgehead atoms. The summed E-state index contributed by atoms with van der Waals surface area (Å²) in [7, 11) is 0. The van der Waals surface area contributed by atoms with E-state index in [0.717, 1.165) is 0 Å². The Balaban J connectivity index is 1.48. The molecule has 2 aromatic rings. The maximum atomic E-state index is 13.7. The minimum atomic E-state index is -0.871. The third-order valence-corrected chi connectivity index (χ3v) is 4.45. The number of hydrogen-bond acceptors (Lipinski definition) is 5. The lowest BCUT2D eigenvalue weighted by molar-refractivity contribution is -0.121. The van der Waals surface area contributed by atoms with E-state index in [1.54, 1.807) is 36.7 Å². The lowest BCUT2D eigenvalue weighted by Gasteiger charge is -2.32. The molecule has 3 rings (SSSR count). The first-order valence-electron chi connectivity index (χ1n) is 8.36. The van der Waals surface area contributed by atoms with Crippen molar-refractivity contribution in [2.75, 3.05) is 25.0 Å². The molecule has 1 fully saturated rings. The number of aliphatic hydroxyl groups is 1. The first-order valence-corrected chi connectivity index (χ1v) is 8.36. The van der Waals surface area contributed by atoms with Crippen molar-refractivity contribution in [2.45, 2.75) is 18.9 Å². The number of nitrogens with one attached hydrogen (secondary N) is 1. The number of anilines is 1. The molecule has 1 saturated heterocycles. The number of piperidine rings is 1. The average Bonchev–Trinajstić information content (AvgIpc) is 2.63. The maximum Gasteiger partial charge on any atom is 0.229 e. The fourth-order valence-corrected chi connectivity index (χ4v) is 3.04. The van der Waals surface area contributed by atoms with Crippen molar-refractivity contribution in [1.82, 2.24) is 14.9 Å². The number of likely N-dealkylation sites (tertiary alicyclic amines) is 1. The quantitative estimate of drug-likeness (QED) is 0.867. The summed E-state index contributed by atoms with van der Waals surface area (Å²) in [6.45, 7) is 1.72. The molecule has 0 aliphatic carbocycles. The molecule has 2 N–H and O–H groups in total. The third kappa shape index (κ3) is 4.58. The highest BCUT2D eigenvalue weighted by molar-refractivity contribution is 5.90. The Morgan fingerprint density at radius 3 is 2.60 bits per heavy atom. The van der Waals surface area contributed by atoms with Crippen molar-refractivity contribution in [2.24, 2.45) is 5.92 Å². The second-order valence-electron chi connectivity index (χ2n) is 6.17. The molecule has 132 valence electrons. The van der Waals surface area contributed by atoms with E-state index in [9.17, 15) is 14.3 Å². The predicted octanol–water partition coefficient (Wildman–Crippen LogP) is 2.00. The Morgan fingerprint density at radius 1 is 1.24 bits per heavy atom. The summed E-state index contributed by atoms with van der Waals surface area (Å²) in [4.78, 5) is 22.3. The molecular formula is C18H21FN4O2. The van der Waals surface area contributed by atoms with Crippen LogP contribution in [0.3, 0.4) is 0 Å². The summed E-state index contributed by atoms with van der Waals surface area (Å²) in [6.07, 6.45) is 3.65. The predicted molar refractivity (Wildman–Crippen MR) is 91.2 cm³/mol. The van der Waals surface area contributed by atoms with Gasteiger partial charge in [0.25, 0.3) is 0 Å². The Kier molecular flexibility index (Phi) is 5.67. The molecule has 25 heavy (non-hydrogen) atoms. The number of amides is 1. The van der Waals surface area contributed by atoms with Gasteiger partial charge in [0.2, 0.25) is 11.9 Å². The van der Waals surface area contributed by atoms with Gasteiger partial charge < -0.3 is 10.0 Å². The van der Waals surface area contributed by atoms with Crippen LogP contribution in [0.15, 0.2) is 42.7 Å². The number of nitrogens with zero attached hydrogens (tertiary/aromatic N) is 3. The van der Waals surface area contributed by atoms with Gasteiger partial charge >= 0.3 is 0 Å². The van der Waals surface area contributed by atoms with Gasteiger partial charge in [0.05, 0.1) is 6.10 Å². The van der Waals surface area contributed by atoms with E-state index >= 15 is 0 Å². The number of hydrogen-bond donors (Lipinski definition) is 2. The highest BCUT2D eigenvalue weighted by atomic mass is 19.1. The summed E-state index contributed by atoms with van der Waals surface area (Å²) < 4.78 is 13.7. The minimum absolute atomic E-state index is 0.0829. The molecule has 7 heteroatoms. The van der Waals surface area contributed by atoms with Crippen LogP contribution in [0.1, 0.15) is 24.5 Å². The van der Waals surface area contributed by atoms with Gasteiger partial charge in [-0.3, -0.25) is 10.1 Å². The Bertz CT molecular complexity index is 705. The molecular weight excluding hydrogens is 323 g/mol. The van der Waals surface area contributed by atoms with Crippen LogP contribution in [0.5, 0.6) is 0 Å². The largest absolute Gasteiger partial charge is 0.387 e. The van der Waals surface area contributed by atoms with E-state index in [1.165, 1.54) is 6.07 Å². The van der Waals surface area contributed by atoms with E-state index in [2.05, 4.69) is 20.2 Å². The van der Waals surface area contributed by atoms with E-state index < -0.39 is 11.9 Å². The lowest BCUT2D eigenvalue weighted by Crippen LogP contribution is -2.40. The molecule has 1 unspecified atom stereocenters.